The Morgan fingerprint density at radius 1 is 1.04 bits per heavy atom. The molecule has 0 bridgehead atoms. The van der Waals surface area contributed by atoms with Crippen molar-refractivity contribution < 1.29 is 9.59 Å². The molecule has 1 fully saturated rings. The number of aryl methyl sites for hydroxylation is 1. The van der Waals surface area contributed by atoms with Gasteiger partial charge >= 0.3 is 6.03 Å². The molecule has 3 amide bonds. The molecule has 1 aliphatic rings. The van der Waals surface area contributed by atoms with Gasteiger partial charge in [-0.1, -0.05) is 18.2 Å². The number of hydrogen-bond acceptors (Lipinski definition) is 5. The van der Waals surface area contributed by atoms with Crippen LogP contribution in [0.3, 0.4) is 0 Å². The standard InChI is InChI=1S/C20H25N5O2/c1-15-6-5-7-17(16(15)2)22-20(27)23-19(26)14-24-10-12-25(13-11-24)18-8-3-4-9-21-18/h3-9H,10-14H2,1-2H3,(H2,22,23,26,27). The van der Waals surface area contributed by atoms with Crippen LogP contribution in [0.5, 0.6) is 0 Å². The fourth-order valence-electron chi connectivity index (χ4n) is 3.09. The summed E-state index contributed by atoms with van der Waals surface area (Å²) >= 11 is 0. The minimum atomic E-state index is -0.499. The average Bonchev–Trinajstić information content (AvgIpc) is 2.66. The monoisotopic (exact) mass is 367 g/mol. The second-order valence-electron chi connectivity index (χ2n) is 6.70. The molecule has 1 saturated heterocycles. The highest BCUT2D eigenvalue weighted by Crippen LogP contribution is 2.17. The number of anilines is 2. The fourth-order valence-corrected chi connectivity index (χ4v) is 3.09. The average molecular weight is 367 g/mol. The van der Waals surface area contributed by atoms with E-state index in [2.05, 4.69) is 20.5 Å². The van der Waals surface area contributed by atoms with Gasteiger partial charge in [-0.15, -0.1) is 0 Å². The molecule has 3 rings (SSSR count). The van der Waals surface area contributed by atoms with Crippen molar-refractivity contribution in [2.75, 3.05) is 42.9 Å². The molecule has 1 aromatic carbocycles. The van der Waals surface area contributed by atoms with E-state index in [1.54, 1.807) is 6.20 Å². The van der Waals surface area contributed by atoms with E-state index in [1.165, 1.54) is 0 Å². The van der Waals surface area contributed by atoms with Gasteiger partial charge in [0.05, 0.1) is 6.54 Å². The van der Waals surface area contributed by atoms with Gasteiger partial charge in [0, 0.05) is 38.1 Å². The number of urea groups is 1. The summed E-state index contributed by atoms with van der Waals surface area (Å²) in [5.41, 5.74) is 2.79. The van der Waals surface area contributed by atoms with Crippen LogP contribution < -0.4 is 15.5 Å². The number of carbonyl (C=O) groups excluding carboxylic acids is 2. The van der Waals surface area contributed by atoms with E-state index in [9.17, 15) is 9.59 Å². The first kappa shape index (κ1) is 18.8. The number of amides is 3. The molecule has 0 aliphatic carbocycles. The van der Waals surface area contributed by atoms with E-state index in [-0.39, 0.29) is 12.5 Å². The first-order valence-electron chi connectivity index (χ1n) is 9.08. The van der Waals surface area contributed by atoms with E-state index >= 15 is 0 Å². The van der Waals surface area contributed by atoms with Gasteiger partial charge in [0.25, 0.3) is 0 Å². The van der Waals surface area contributed by atoms with Gasteiger partial charge in [0.15, 0.2) is 0 Å². The molecule has 0 saturated carbocycles. The van der Waals surface area contributed by atoms with Crippen molar-refractivity contribution in [1.29, 1.82) is 0 Å². The first-order valence-corrected chi connectivity index (χ1v) is 9.08. The number of pyridine rings is 1. The Morgan fingerprint density at radius 2 is 1.81 bits per heavy atom. The molecule has 0 unspecified atom stereocenters. The quantitative estimate of drug-likeness (QED) is 0.866. The third-order valence-corrected chi connectivity index (χ3v) is 4.82. The second kappa shape index (κ2) is 8.64. The molecule has 0 atom stereocenters. The van der Waals surface area contributed by atoms with Gasteiger partial charge in [-0.05, 0) is 43.2 Å². The lowest BCUT2D eigenvalue weighted by Gasteiger charge is -2.34. The highest BCUT2D eigenvalue weighted by atomic mass is 16.2. The third-order valence-electron chi connectivity index (χ3n) is 4.82. The number of rotatable bonds is 4. The minimum Gasteiger partial charge on any atom is -0.354 e. The van der Waals surface area contributed by atoms with Crippen LogP contribution in [0, 0.1) is 13.8 Å². The van der Waals surface area contributed by atoms with Crippen LogP contribution in [-0.2, 0) is 4.79 Å². The van der Waals surface area contributed by atoms with Crippen LogP contribution >= 0.6 is 0 Å². The fraction of sp³-hybridized carbons (Fsp3) is 0.350. The molecule has 142 valence electrons. The van der Waals surface area contributed by atoms with Crippen LogP contribution in [0.4, 0.5) is 16.3 Å². The van der Waals surface area contributed by atoms with Gasteiger partial charge in [0.1, 0.15) is 5.82 Å². The Hall–Kier alpha value is -2.93. The summed E-state index contributed by atoms with van der Waals surface area (Å²) in [6.07, 6.45) is 1.78. The minimum absolute atomic E-state index is 0.205. The maximum atomic E-state index is 12.2. The summed E-state index contributed by atoms with van der Waals surface area (Å²) in [5, 5.41) is 5.15. The number of hydrogen-bond donors (Lipinski definition) is 2. The van der Waals surface area contributed by atoms with Crippen molar-refractivity contribution >= 4 is 23.4 Å². The lowest BCUT2D eigenvalue weighted by atomic mass is 10.1. The van der Waals surface area contributed by atoms with Crippen molar-refractivity contribution in [2.24, 2.45) is 0 Å². The first-order chi connectivity index (χ1) is 13.0. The lowest BCUT2D eigenvalue weighted by molar-refractivity contribution is -0.121. The van der Waals surface area contributed by atoms with Gasteiger partial charge in [-0.2, -0.15) is 0 Å². The van der Waals surface area contributed by atoms with Gasteiger partial charge < -0.3 is 10.2 Å². The summed E-state index contributed by atoms with van der Waals surface area (Å²) in [5.74, 6) is 0.651. The number of imide groups is 1. The summed E-state index contributed by atoms with van der Waals surface area (Å²) in [6.45, 7) is 7.24. The zero-order chi connectivity index (χ0) is 19.2. The normalized spacial score (nSPS) is 14.7. The molecule has 1 aromatic heterocycles. The molecule has 7 heteroatoms. The highest BCUT2D eigenvalue weighted by Gasteiger charge is 2.20. The molecule has 0 radical (unpaired) electrons. The molecular formula is C20H25N5O2. The van der Waals surface area contributed by atoms with Crippen LogP contribution in [0.2, 0.25) is 0 Å². The SMILES string of the molecule is Cc1cccc(NC(=O)NC(=O)CN2CCN(c3ccccn3)CC2)c1C. The number of aromatic nitrogens is 1. The topological polar surface area (TPSA) is 77.6 Å². The van der Waals surface area contributed by atoms with E-state index in [4.69, 9.17) is 0 Å². The largest absolute Gasteiger partial charge is 0.354 e. The number of carbonyl (C=O) groups is 2. The van der Waals surface area contributed by atoms with Gasteiger partial charge in [-0.25, -0.2) is 9.78 Å². The maximum absolute atomic E-state index is 12.2. The predicted molar refractivity (Wildman–Crippen MR) is 106 cm³/mol. The van der Waals surface area contributed by atoms with Crippen LogP contribution in [0.25, 0.3) is 0 Å². The lowest BCUT2D eigenvalue weighted by Crippen LogP contribution is -2.50. The summed E-state index contributed by atoms with van der Waals surface area (Å²) in [4.78, 5) is 32.9. The Bertz CT molecular complexity index is 801. The number of benzene rings is 1. The van der Waals surface area contributed by atoms with Crippen molar-refractivity contribution in [3.63, 3.8) is 0 Å². The van der Waals surface area contributed by atoms with Crippen molar-refractivity contribution in [3.8, 4) is 0 Å². The molecular weight excluding hydrogens is 342 g/mol. The van der Waals surface area contributed by atoms with E-state index in [0.29, 0.717) is 5.69 Å². The summed E-state index contributed by atoms with van der Waals surface area (Å²) < 4.78 is 0. The van der Waals surface area contributed by atoms with Gasteiger partial charge in [0.2, 0.25) is 5.91 Å². The molecule has 7 nitrogen and oxygen atoms in total. The Morgan fingerprint density at radius 3 is 2.52 bits per heavy atom. The zero-order valence-corrected chi connectivity index (χ0v) is 15.7. The number of piperazine rings is 1. The molecule has 2 N–H and O–H groups in total. The molecule has 27 heavy (non-hydrogen) atoms. The van der Waals surface area contributed by atoms with Crippen molar-refractivity contribution in [1.82, 2.24) is 15.2 Å². The molecule has 2 aromatic rings. The third kappa shape index (κ3) is 5.04. The van der Waals surface area contributed by atoms with Crippen LogP contribution in [-0.4, -0.2) is 54.5 Å². The van der Waals surface area contributed by atoms with Crippen LogP contribution in [0.15, 0.2) is 42.6 Å². The van der Waals surface area contributed by atoms with E-state index in [0.717, 1.165) is 43.1 Å². The molecule has 2 heterocycles. The van der Waals surface area contributed by atoms with Crippen molar-refractivity contribution in [2.45, 2.75) is 13.8 Å². The maximum Gasteiger partial charge on any atom is 0.325 e. The Labute approximate surface area is 159 Å². The zero-order valence-electron chi connectivity index (χ0n) is 15.7. The van der Waals surface area contributed by atoms with Crippen molar-refractivity contribution in [3.05, 3.63) is 53.7 Å². The van der Waals surface area contributed by atoms with E-state index in [1.807, 2.05) is 55.1 Å². The summed E-state index contributed by atoms with van der Waals surface area (Å²) in [7, 11) is 0. The number of nitrogens with one attached hydrogen (secondary N) is 2. The van der Waals surface area contributed by atoms with Crippen LogP contribution in [0.1, 0.15) is 11.1 Å². The van der Waals surface area contributed by atoms with Gasteiger partial charge in [-0.3, -0.25) is 15.0 Å². The smallest absolute Gasteiger partial charge is 0.325 e. The molecule has 1 aliphatic heterocycles. The van der Waals surface area contributed by atoms with E-state index < -0.39 is 6.03 Å². The Kier molecular flexibility index (Phi) is 6.03. The second-order valence-corrected chi connectivity index (χ2v) is 6.70. The highest BCUT2D eigenvalue weighted by molar-refractivity contribution is 6.02. The molecule has 0 spiro atoms. The number of nitrogens with zero attached hydrogens (tertiary/aromatic N) is 3. The summed E-state index contributed by atoms with van der Waals surface area (Å²) in [6, 6.07) is 11.0. The Balaban J connectivity index is 1.44. The predicted octanol–water partition coefficient (Wildman–Crippen LogP) is 2.17.